The molecule has 0 bridgehead atoms. The van der Waals surface area contributed by atoms with E-state index in [0.29, 0.717) is 11.9 Å². The maximum Gasteiger partial charge on any atom is 0.329 e. The predicted molar refractivity (Wildman–Crippen MR) is 59.4 cm³/mol. The van der Waals surface area contributed by atoms with Crippen LogP contribution in [0.2, 0.25) is 0 Å². The number of hydrogen-bond donors (Lipinski definition) is 2. The molecule has 2 N–H and O–H groups in total. The average Bonchev–Trinajstić information content (AvgIpc) is 3.09. The van der Waals surface area contributed by atoms with Gasteiger partial charge in [0, 0.05) is 13.6 Å². The van der Waals surface area contributed by atoms with E-state index in [4.69, 9.17) is 0 Å². The lowest BCUT2D eigenvalue weighted by Gasteiger charge is -2.06. The number of rotatable bonds is 5. The highest BCUT2D eigenvalue weighted by Gasteiger charge is 2.23. The molecule has 0 aliphatic heterocycles. The summed E-state index contributed by atoms with van der Waals surface area (Å²) in [5, 5.41) is 16.5. The molecule has 0 spiro atoms. The fourth-order valence-corrected chi connectivity index (χ4v) is 1.32. The van der Waals surface area contributed by atoms with Crippen LogP contribution in [0, 0.1) is 16.0 Å². The smallest absolute Gasteiger partial charge is 0.329 e. The third-order valence-electron chi connectivity index (χ3n) is 2.44. The Hall–Kier alpha value is -1.92. The van der Waals surface area contributed by atoms with Gasteiger partial charge in [-0.3, -0.25) is 10.1 Å². The molecule has 1 fully saturated rings. The Balaban J connectivity index is 2.18. The lowest BCUT2D eigenvalue weighted by atomic mass is 10.4. The van der Waals surface area contributed by atoms with E-state index in [1.807, 2.05) is 0 Å². The van der Waals surface area contributed by atoms with Crippen molar-refractivity contribution in [1.29, 1.82) is 0 Å². The summed E-state index contributed by atoms with van der Waals surface area (Å²) in [6.07, 6.45) is 3.59. The van der Waals surface area contributed by atoms with Crippen molar-refractivity contribution in [2.24, 2.45) is 5.92 Å². The largest absolute Gasteiger partial charge is 0.364 e. The van der Waals surface area contributed by atoms with Gasteiger partial charge in [0.05, 0.1) is 4.92 Å². The summed E-state index contributed by atoms with van der Waals surface area (Å²) in [5.41, 5.74) is -0.0837. The standard InChI is InChI=1S/C9H13N5O2/c1-10-9-12-5-7(14(15)16)8(13-9)11-4-6-2-3-6/h5-6H,2-4H2,1H3,(H2,10,11,12,13). The zero-order valence-electron chi connectivity index (χ0n) is 8.93. The summed E-state index contributed by atoms with van der Waals surface area (Å²) >= 11 is 0. The van der Waals surface area contributed by atoms with Crippen LogP contribution in [0.5, 0.6) is 0 Å². The molecule has 0 amide bonds. The molecule has 0 atom stereocenters. The lowest BCUT2D eigenvalue weighted by Crippen LogP contribution is -2.09. The second kappa shape index (κ2) is 4.30. The molecule has 0 aromatic carbocycles. The van der Waals surface area contributed by atoms with E-state index in [1.165, 1.54) is 19.0 Å². The van der Waals surface area contributed by atoms with Crippen molar-refractivity contribution in [3.63, 3.8) is 0 Å². The fraction of sp³-hybridized carbons (Fsp3) is 0.556. The van der Waals surface area contributed by atoms with Gasteiger partial charge in [-0.15, -0.1) is 0 Å². The molecular weight excluding hydrogens is 210 g/mol. The van der Waals surface area contributed by atoms with Gasteiger partial charge in [0.25, 0.3) is 0 Å². The van der Waals surface area contributed by atoms with Crippen molar-refractivity contribution < 1.29 is 4.92 Å². The number of nitrogens with one attached hydrogen (secondary N) is 2. The molecule has 1 aliphatic rings. The summed E-state index contributed by atoms with van der Waals surface area (Å²) in [4.78, 5) is 18.1. The highest BCUT2D eigenvalue weighted by molar-refractivity contribution is 5.56. The molecule has 1 aliphatic carbocycles. The van der Waals surface area contributed by atoms with Gasteiger partial charge in [-0.25, -0.2) is 4.98 Å². The summed E-state index contributed by atoms with van der Waals surface area (Å²) in [7, 11) is 1.67. The van der Waals surface area contributed by atoms with Crippen LogP contribution >= 0.6 is 0 Å². The molecule has 1 saturated carbocycles. The van der Waals surface area contributed by atoms with Gasteiger partial charge in [0.15, 0.2) is 0 Å². The normalized spacial score (nSPS) is 14.6. The van der Waals surface area contributed by atoms with Gasteiger partial charge in [-0.1, -0.05) is 0 Å². The van der Waals surface area contributed by atoms with Gasteiger partial charge >= 0.3 is 5.69 Å². The summed E-state index contributed by atoms with van der Waals surface area (Å²) in [5.74, 6) is 1.30. The van der Waals surface area contributed by atoms with E-state index in [1.54, 1.807) is 7.05 Å². The Kier molecular flexibility index (Phi) is 2.84. The second-order valence-electron chi connectivity index (χ2n) is 3.76. The fourth-order valence-electron chi connectivity index (χ4n) is 1.32. The van der Waals surface area contributed by atoms with Crippen molar-refractivity contribution in [1.82, 2.24) is 9.97 Å². The van der Waals surface area contributed by atoms with E-state index in [2.05, 4.69) is 20.6 Å². The first-order valence-corrected chi connectivity index (χ1v) is 5.13. The molecule has 1 aromatic rings. The maximum atomic E-state index is 10.7. The van der Waals surface area contributed by atoms with Crippen molar-refractivity contribution in [2.45, 2.75) is 12.8 Å². The van der Waals surface area contributed by atoms with E-state index in [9.17, 15) is 10.1 Å². The van der Waals surface area contributed by atoms with Crippen LogP contribution < -0.4 is 10.6 Å². The molecule has 7 nitrogen and oxygen atoms in total. The molecular formula is C9H13N5O2. The Morgan fingerprint density at radius 2 is 2.38 bits per heavy atom. The first-order valence-electron chi connectivity index (χ1n) is 5.13. The van der Waals surface area contributed by atoms with E-state index in [0.717, 1.165) is 6.54 Å². The van der Waals surface area contributed by atoms with Crippen molar-refractivity contribution in [3.8, 4) is 0 Å². The second-order valence-corrected chi connectivity index (χ2v) is 3.76. The Morgan fingerprint density at radius 3 is 2.94 bits per heavy atom. The molecule has 1 heterocycles. The molecule has 0 saturated heterocycles. The summed E-state index contributed by atoms with van der Waals surface area (Å²) in [6, 6.07) is 0. The molecule has 0 radical (unpaired) electrons. The number of hydrogen-bond acceptors (Lipinski definition) is 6. The van der Waals surface area contributed by atoms with Crippen molar-refractivity contribution >= 4 is 17.5 Å². The van der Waals surface area contributed by atoms with Crippen LogP contribution in [0.25, 0.3) is 0 Å². The minimum atomic E-state index is -0.478. The first kappa shape index (κ1) is 10.6. The molecule has 0 unspecified atom stereocenters. The first-order chi connectivity index (χ1) is 7.70. The Morgan fingerprint density at radius 1 is 1.62 bits per heavy atom. The lowest BCUT2D eigenvalue weighted by molar-refractivity contribution is -0.384. The number of nitrogens with zero attached hydrogens (tertiary/aromatic N) is 3. The quantitative estimate of drug-likeness (QED) is 0.576. The maximum absolute atomic E-state index is 10.7. The molecule has 7 heteroatoms. The van der Waals surface area contributed by atoms with Gasteiger partial charge in [-0.2, -0.15) is 4.98 Å². The van der Waals surface area contributed by atoms with Crippen LogP contribution in [0.15, 0.2) is 6.20 Å². The Bertz CT molecular complexity index is 405. The summed E-state index contributed by atoms with van der Waals surface area (Å²) in [6.45, 7) is 0.737. The number of anilines is 2. The third-order valence-corrected chi connectivity index (χ3v) is 2.44. The van der Waals surface area contributed by atoms with Crippen LogP contribution in [0.4, 0.5) is 17.5 Å². The highest BCUT2D eigenvalue weighted by Crippen LogP contribution is 2.30. The minimum absolute atomic E-state index is 0.0837. The van der Waals surface area contributed by atoms with Crippen molar-refractivity contribution in [3.05, 3.63) is 16.3 Å². The van der Waals surface area contributed by atoms with E-state index in [-0.39, 0.29) is 11.5 Å². The Labute approximate surface area is 92.4 Å². The molecule has 1 aromatic heterocycles. The molecule has 2 rings (SSSR count). The van der Waals surface area contributed by atoms with Crippen LogP contribution in [-0.2, 0) is 0 Å². The van der Waals surface area contributed by atoms with Gasteiger partial charge in [0.2, 0.25) is 11.8 Å². The number of aromatic nitrogens is 2. The molecule has 16 heavy (non-hydrogen) atoms. The van der Waals surface area contributed by atoms with Crippen LogP contribution in [-0.4, -0.2) is 28.5 Å². The minimum Gasteiger partial charge on any atom is -0.364 e. The predicted octanol–water partition coefficient (Wildman–Crippen LogP) is 1.25. The van der Waals surface area contributed by atoms with E-state index < -0.39 is 4.92 Å². The monoisotopic (exact) mass is 223 g/mol. The van der Waals surface area contributed by atoms with Gasteiger partial charge in [-0.05, 0) is 18.8 Å². The molecule has 86 valence electrons. The van der Waals surface area contributed by atoms with Crippen LogP contribution in [0.3, 0.4) is 0 Å². The zero-order chi connectivity index (χ0) is 11.5. The van der Waals surface area contributed by atoms with Gasteiger partial charge < -0.3 is 10.6 Å². The van der Waals surface area contributed by atoms with E-state index >= 15 is 0 Å². The topological polar surface area (TPSA) is 93.0 Å². The number of nitro groups is 1. The SMILES string of the molecule is CNc1ncc([N+](=O)[O-])c(NCC2CC2)n1. The van der Waals surface area contributed by atoms with Crippen molar-refractivity contribution in [2.75, 3.05) is 24.2 Å². The summed E-state index contributed by atoms with van der Waals surface area (Å²) < 4.78 is 0. The average molecular weight is 223 g/mol. The van der Waals surface area contributed by atoms with Gasteiger partial charge in [0.1, 0.15) is 6.20 Å². The highest BCUT2D eigenvalue weighted by atomic mass is 16.6. The zero-order valence-corrected chi connectivity index (χ0v) is 8.93. The third kappa shape index (κ3) is 2.36. The van der Waals surface area contributed by atoms with Crippen LogP contribution in [0.1, 0.15) is 12.8 Å².